The third-order valence-electron chi connectivity index (χ3n) is 8.07. The minimum atomic E-state index is -0.693. The van der Waals surface area contributed by atoms with Crippen molar-refractivity contribution in [2.24, 2.45) is 0 Å². The second-order valence-corrected chi connectivity index (χ2v) is 11.8. The third kappa shape index (κ3) is 9.31. The summed E-state index contributed by atoms with van der Waals surface area (Å²) in [7, 11) is 3.28. The van der Waals surface area contributed by atoms with Crippen LogP contribution < -0.4 is 10.6 Å². The molecule has 0 bridgehead atoms. The van der Waals surface area contributed by atoms with Crippen LogP contribution in [0.2, 0.25) is 5.02 Å². The lowest BCUT2D eigenvalue weighted by molar-refractivity contribution is -0.155. The number of unbranched alkanes of at least 4 members (excludes halogenated alkanes) is 1. The highest BCUT2D eigenvalue weighted by Crippen LogP contribution is 2.24. The number of likely N-dealkylation sites (N-methyl/N-ethyl adjacent to an activating group) is 1. The molecule has 1 aliphatic rings. The van der Waals surface area contributed by atoms with Gasteiger partial charge in [0.05, 0.1) is 0 Å². The van der Waals surface area contributed by atoms with Crippen LogP contribution in [0.4, 0.5) is 4.79 Å². The second kappa shape index (κ2) is 16.1. The highest BCUT2D eigenvalue weighted by atomic mass is 35.5. The number of piperazine rings is 1. The van der Waals surface area contributed by atoms with Crippen LogP contribution in [0.5, 0.6) is 0 Å². The Labute approximate surface area is 270 Å². The number of amides is 5. The molecule has 1 unspecified atom stereocenters. The largest absolute Gasteiger partial charge is 0.354 e. The van der Waals surface area contributed by atoms with E-state index >= 15 is 0 Å². The normalized spacial score (nSPS) is 14.8. The summed E-state index contributed by atoms with van der Waals surface area (Å²) in [5, 5.41) is 6.23. The van der Waals surface area contributed by atoms with Gasteiger partial charge in [0.25, 0.3) is 0 Å². The van der Waals surface area contributed by atoms with Crippen LogP contribution in [0.15, 0.2) is 72.8 Å². The van der Waals surface area contributed by atoms with Crippen LogP contribution in [0.25, 0.3) is 11.1 Å². The Morgan fingerprint density at radius 3 is 2.36 bits per heavy atom. The summed E-state index contributed by atoms with van der Waals surface area (Å²) in [5.74, 6) is -0.749. The van der Waals surface area contributed by atoms with E-state index in [0.29, 0.717) is 37.5 Å². The molecule has 1 atom stereocenters. The molecule has 9 nitrogen and oxygen atoms in total. The summed E-state index contributed by atoms with van der Waals surface area (Å²) in [4.78, 5) is 55.8. The monoisotopic (exact) mass is 631 g/mol. The average Bonchev–Trinajstić information content (AvgIpc) is 3.05. The molecule has 1 aliphatic heterocycles. The Morgan fingerprint density at radius 1 is 0.956 bits per heavy atom. The van der Waals surface area contributed by atoms with E-state index in [1.54, 1.807) is 26.2 Å². The lowest BCUT2D eigenvalue weighted by Gasteiger charge is -2.38. The molecule has 4 rings (SSSR count). The van der Waals surface area contributed by atoms with Crippen molar-refractivity contribution in [2.75, 3.05) is 40.3 Å². The molecule has 1 saturated heterocycles. The van der Waals surface area contributed by atoms with Gasteiger partial charge in [-0.1, -0.05) is 79.5 Å². The number of halogens is 1. The lowest BCUT2D eigenvalue weighted by Crippen LogP contribution is -2.60. The zero-order valence-electron chi connectivity index (χ0n) is 26.2. The van der Waals surface area contributed by atoms with E-state index in [0.717, 1.165) is 40.7 Å². The van der Waals surface area contributed by atoms with E-state index in [1.807, 2.05) is 59.5 Å². The first-order chi connectivity index (χ1) is 21.7. The molecule has 5 amide bonds. The van der Waals surface area contributed by atoms with E-state index in [9.17, 15) is 19.2 Å². The maximum Gasteiger partial charge on any atom is 0.317 e. The summed E-state index contributed by atoms with van der Waals surface area (Å²) in [6.07, 6.45) is 2.92. The van der Waals surface area contributed by atoms with Crippen molar-refractivity contribution in [3.63, 3.8) is 0 Å². The summed E-state index contributed by atoms with van der Waals surface area (Å²) in [6.45, 7) is 3.45. The number of rotatable bonds is 13. The van der Waals surface area contributed by atoms with Gasteiger partial charge < -0.3 is 25.3 Å². The second-order valence-electron chi connectivity index (χ2n) is 11.4. The molecule has 1 fully saturated rings. The van der Waals surface area contributed by atoms with Crippen LogP contribution in [-0.4, -0.2) is 84.8 Å². The number of hydrogen-bond acceptors (Lipinski definition) is 4. The SMILES string of the molecule is CCCCN(Cc1cccc(-c2ccc(CC3C(=O)N(CC(=O)NCCc4ccc(Cl)cc4)CC(=O)N3C)cc2)c1)C(=O)NC. The lowest BCUT2D eigenvalue weighted by atomic mass is 9.97. The van der Waals surface area contributed by atoms with Crippen LogP contribution in [0, 0.1) is 0 Å². The first kappa shape index (κ1) is 33.5. The Balaban J connectivity index is 1.36. The predicted octanol–water partition coefficient (Wildman–Crippen LogP) is 4.52. The Kier molecular flexibility index (Phi) is 12.0. The van der Waals surface area contributed by atoms with E-state index < -0.39 is 6.04 Å². The maximum absolute atomic E-state index is 13.4. The zero-order chi connectivity index (χ0) is 32.3. The Hall–Kier alpha value is -4.37. The molecule has 0 radical (unpaired) electrons. The van der Waals surface area contributed by atoms with E-state index in [4.69, 9.17) is 11.6 Å². The summed E-state index contributed by atoms with van der Waals surface area (Å²) in [6, 6.07) is 22.7. The topological polar surface area (TPSA) is 102 Å². The molecular formula is C35H42ClN5O4. The van der Waals surface area contributed by atoms with Crippen molar-refractivity contribution < 1.29 is 19.2 Å². The molecule has 45 heavy (non-hydrogen) atoms. The highest BCUT2D eigenvalue weighted by molar-refractivity contribution is 6.30. The van der Waals surface area contributed by atoms with Crippen LogP contribution >= 0.6 is 11.6 Å². The summed E-state index contributed by atoms with van der Waals surface area (Å²) < 4.78 is 0. The molecule has 0 spiro atoms. The third-order valence-corrected chi connectivity index (χ3v) is 8.32. The van der Waals surface area contributed by atoms with Gasteiger partial charge in [-0.2, -0.15) is 0 Å². The minimum absolute atomic E-state index is 0.0905. The molecule has 2 N–H and O–H groups in total. The van der Waals surface area contributed by atoms with Crippen LogP contribution in [-0.2, 0) is 33.8 Å². The maximum atomic E-state index is 13.4. The van der Waals surface area contributed by atoms with Crippen LogP contribution in [0.1, 0.15) is 36.5 Å². The molecule has 3 aromatic carbocycles. The summed E-state index contributed by atoms with van der Waals surface area (Å²) in [5.41, 5.74) is 5.03. The van der Waals surface area contributed by atoms with Gasteiger partial charge in [0.2, 0.25) is 17.7 Å². The van der Waals surface area contributed by atoms with Crippen LogP contribution in [0.3, 0.4) is 0 Å². The quantitative estimate of drug-likeness (QED) is 0.290. The van der Waals surface area contributed by atoms with Gasteiger partial charge in [0.15, 0.2) is 0 Å². The van der Waals surface area contributed by atoms with Gasteiger partial charge in [-0.25, -0.2) is 4.79 Å². The Bertz CT molecular complexity index is 1480. The predicted molar refractivity (Wildman–Crippen MR) is 177 cm³/mol. The molecule has 1 heterocycles. The number of benzene rings is 3. The fourth-order valence-corrected chi connectivity index (χ4v) is 5.50. The first-order valence-electron chi connectivity index (χ1n) is 15.4. The molecule has 0 aliphatic carbocycles. The molecule has 0 saturated carbocycles. The summed E-state index contributed by atoms with van der Waals surface area (Å²) >= 11 is 5.93. The van der Waals surface area contributed by atoms with Crippen molar-refractivity contribution in [3.05, 3.63) is 94.5 Å². The Morgan fingerprint density at radius 2 is 1.67 bits per heavy atom. The van der Waals surface area contributed by atoms with Gasteiger partial charge in [0, 0.05) is 45.2 Å². The number of carbonyl (C=O) groups is 4. The number of nitrogens with zero attached hydrogens (tertiary/aromatic N) is 3. The van der Waals surface area contributed by atoms with Crippen molar-refractivity contribution in [3.8, 4) is 11.1 Å². The zero-order valence-corrected chi connectivity index (χ0v) is 27.0. The number of carbonyl (C=O) groups excluding carboxylic acids is 4. The molecule has 3 aromatic rings. The minimum Gasteiger partial charge on any atom is -0.354 e. The molecular weight excluding hydrogens is 590 g/mol. The number of urea groups is 1. The number of nitrogens with one attached hydrogen (secondary N) is 2. The van der Waals surface area contributed by atoms with Crippen molar-refractivity contribution >= 4 is 35.4 Å². The molecule has 0 aromatic heterocycles. The average molecular weight is 632 g/mol. The fourth-order valence-electron chi connectivity index (χ4n) is 5.37. The van der Waals surface area contributed by atoms with Gasteiger partial charge in [-0.15, -0.1) is 0 Å². The fraction of sp³-hybridized carbons (Fsp3) is 0.371. The first-order valence-corrected chi connectivity index (χ1v) is 15.8. The van der Waals surface area contributed by atoms with E-state index in [-0.39, 0.29) is 36.8 Å². The highest BCUT2D eigenvalue weighted by Gasteiger charge is 2.37. The standard InChI is InChI=1S/C35H42ClN5O4/c1-4-5-19-40(35(45)37-2)22-27-7-6-8-29(20-27)28-13-9-26(10-14-28)21-31-34(44)41(24-33(43)39(31)3)23-32(42)38-18-17-25-11-15-30(36)16-12-25/h6-16,20,31H,4-5,17-19,21-24H2,1-3H3,(H,37,45)(H,38,42). The van der Waals surface area contributed by atoms with Gasteiger partial charge >= 0.3 is 6.03 Å². The van der Waals surface area contributed by atoms with Crippen molar-refractivity contribution in [2.45, 2.75) is 45.2 Å². The molecule has 10 heteroatoms. The molecule has 238 valence electrons. The van der Waals surface area contributed by atoms with E-state index in [1.165, 1.54) is 9.80 Å². The van der Waals surface area contributed by atoms with Gasteiger partial charge in [-0.05, 0) is 58.9 Å². The van der Waals surface area contributed by atoms with E-state index in [2.05, 4.69) is 23.6 Å². The van der Waals surface area contributed by atoms with Gasteiger partial charge in [0.1, 0.15) is 19.1 Å². The van der Waals surface area contributed by atoms with Crippen molar-refractivity contribution in [1.82, 2.24) is 25.3 Å². The van der Waals surface area contributed by atoms with Gasteiger partial charge in [-0.3, -0.25) is 14.4 Å². The number of hydrogen-bond donors (Lipinski definition) is 2. The van der Waals surface area contributed by atoms with Crippen molar-refractivity contribution in [1.29, 1.82) is 0 Å². The smallest absolute Gasteiger partial charge is 0.317 e.